The Morgan fingerprint density at radius 3 is 1.15 bits per heavy atom. The second-order valence-corrected chi connectivity index (χ2v) is 12.7. The molecule has 0 spiro atoms. The molecule has 0 aliphatic heterocycles. The molecule has 2 atom stereocenters. The first-order valence-corrected chi connectivity index (χ1v) is 16.9. The maximum atomic E-state index is 3.88. The van der Waals surface area contributed by atoms with Gasteiger partial charge in [-0.05, 0) is 92.9 Å². The number of pyridine rings is 2. The molecule has 0 fully saturated rings. The molecule has 2 aromatic carbocycles. The Hall–Kier alpha value is -2.70. The minimum absolute atomic E-state index is 0.330. The third-order valence-electron chi connectivity index (χ3n) is 7.54. The van der Waals surface area contributed by atoms with Gasteiger partial charge in [-0.3, -0.25) is 0 Å². The van der Waals surface area contributed by atoms with E-state index in [0.717, 1.165) is 48.4 Å². The van der Waals surface area contributed by atoms with Gasteiger partial charge in [-0.2, -0.15) is 9.13 Å². The molecular formula is C35H44Br2N4+2. The minimum atomic E-state index is 0.330. The van der Waals surface area contributed by atoms with Crippen molar-refractivity contribution in [3.05, 3.63) is 109 Å². The van der Waals surface area contributed by atoms with Gasteiger partial charge in [-0.25, -0.2) is 0 Å². The summed E-state index contributed by atoms with van der Waals surface area (Å²) in [6, 6.07) is 25.9. The average Bonchev–Trinajstić information content (AvgIpc) is 3.02. The molecule has 4 aromatic rings. The summed E-state index contributed by atoms with van der Waals surface area (Å²) in [7, 11) is 0. The maximum absolute atomic E-state index is 3.88. The van der Waals surface area contributed by atoms with Crippen molar-refractivity contribution in [2.45, 2.75) is 81.5 Å². The highest BCUT2D eigenvalue weighted by molar-refractivity contribution is 9.09. The molecule has 2 heterocycles. The average molecular weight is 681 g/mol. The summed E-state index contributed by atoms with van der Waals surface area (Å²) in [6.45, 7) is 4.36. The van der Waals surface area contributed by atoms with Crippen molar-refractivity contribution in [2.75, 3.05) is 10.6 Å². The first-order chi connectivity index (χ1) is 20.0. The summed E-state index contributed by atoms with van der Waals surface area (Å²) >= 11 is 7.76. The Morgan fingerprint density at radius 2 is 0.805 bits per heavy atom. The number of benzene rings is 2. The summed E-state index contributed by atoms with van der Waals surface area (Å²) in [6.07, 6.45) is 19.3. The molecule has 0 aliphatic rings. The van der Waals surface area contributed by atoms with Gasteiger partial charge in [0.1, 0.15) is 0 Å². The van der Waals surface area contributed by atoms with Crippen molar-refractivity contribution < 1.29 is 9.13 Å². The van der Waals surface area contributed by atoms with Gasteiger partial charge in [0, 0.05) is 48.5 Å². The van der Waals surface area contributed by atoms with E-state index in [9.17, 15) is 0 Å². The number of aryl methyl sites for hydroxylation is 2. The van der Waals surface area contributed by atoms with Crippen molar-refractivity contribution in [1.82, 2.24) is 0 Å². The monoisotopic (exact) mass is 678 g/mol. The van der Waals surface area contributed by atoms with Crippen LogP contribution in [-0.4, -0.2) is 0 Å². The van der Waals surface area contributed by atoms with E-state index < -0.39 is 0 Å². The molecule has 2 unspecified atom stereocenters. The molecule has 6 heteroatoms. The van der Waals surface area contributed by atoms with Crippen molar-refractivity contribution in [3.8, 4) is 0 Å². The summed E-state index contributed by atoms with van der Waals surface area (Å²) in [4.78, 5) is 0.661. The number of halogens is 2. The second kappa shape index (κ2) is 16.7. The van der Waals surface area contributed by atoms with E-state index in [2.05, 4.69) is 163 Å². The quantitative estimate of drug-likeness (QED) is 0.0702. The zero-order valence-electron chi connectivity index (χ0n) is 24.4. The van der Waals surface area contributed by atoms with Crippen LogP contribution < -0.4 is 19.8 Å². The zero-order chi connectivity index (χ0) is 28.9. The number of rotatable bonds is 16. The van der Waals surface area contributed by atoms with Crippen LogP contribution in [0.4, 0.5) is 22.7 Å². The van der Waals surface area contributed by atoms with Gasteiger partial charge in [0.05, 0.1) is 11.4 Å². The van der Waals surface area contributed by atoms with Crippen molar-refractivity contribution in [3.63, 3.8) is 0 Å². The lowest BCUT2D eigenvalue weighted by atomic mass is 10.1. The van der Waals surface area contributed by atoms with Gasteiger partial charge in [0.15, 0.2) is 24.8 Å². The van der Waals surface area contributed by atoms with Crippen LogP contribution in [0.2, 0.25) is 0 Å². The van der Waals surface area contributed by atoms with Crippen LogP contribution in [0.1, 0.15) is 79.8 Å². The highest BCUT2D eigenvalue weighted by atomic mass is 79.9. The smallest absolute Gasteiger partial charge is 0.211 e. The topological polar surface area (TPSA) is 31.8 Å². The number of hydrogen-bond acceptors (Lipinski definition) is 2. The Labute approximate surface area is 263 Å². The predicted molar refractivity (Wildman–Crippen MR) is 180 cm³/mol. The molecule has 0 aliphatic carbocycles. The molecule has 41 heavy (non-hydrogen) atoms. The third kappa shape index (κ3) is 10.3. The molecule has 2 aromatic heterocycles. The van der Waals surface area contributed by atoms with E-state index >= 15 is 0 Å². The third-order valence-corrected chi connectivity index (χ3v) is 9.40. The first kappa shape index (κ1) is 31.2. The fourth-order valence-electron chi connectivity index (χ4n) is 4.85. The number of nitrogens with zero attached hydrogens (tertiary/aromatic N) is 2. The molecule has 0 bridgehead atoms. The van der Waals surface area contributed by atoms with E-state index in [1.165, 1.54) is 43.2 Å². The van der Waals surface area contributed by atoms with Crippen LogP contribution in [0.5, 0.6) is 0 Å². The van der Waals surface area contributed by atoms with E-state index in [0.29, 0.717) is 9.90 Å². The van der Waals surface area contributed by atoms with Crippen LogP contribution in [0, 0.1) is 0 Å². The van der Waals surface area contributed by atoms with Crippen LogP contribution in [-0.2, 0) is 12.8 Å². The number of alkyl halides is 2. The molecule has 0 saturated carbocycles. The maximum Gasteiger partial charge on any atom is 0.211 e. The van der Waals surface area contributed by atoms with Crippen LogP contribution in [0.15, 0.2) is 97.6 Å². The van der Waals surface area contributed by atoms with E-state index in [1.807, 2.05) is 0 Å². The lowest BCUT2D eigenvalue weighted by molar-refractivity contribution is -0.698. The number of unbranched alkanes of at least 4 members (excludes halogenated alkanes) is 4. The summed E-state index contributed by atoms with van der Waals surface area (Å²) in [5, 5.41) is 6.98. The first-order valence-electron chi connectivity index (χ1n) is 15.1. The molecule has 4 nitrogen and oxygen atoms in total. The Balaban J connectivity index is 1.08. The Kier molecular flexibility index (Phi) is 12.7. The van der Waals surface area contributed by atoms with Crippen molar-refractivity contribution in [1.29, 1.82) is 0 Å². The van der Waals surface area contributed by atoms with E-state index in [4.69, 9.17) is 0 Å². The second-order valence-electron chi connectivity index (χ2n) is 10.6. The Morgan fingerprint density at radius 1 is 0.488 bits per heavy atom. The lowest BCUT2D eigenvalue weighted by Crippen LogP contribution is -2.35. The van der Waals surface area contributed by atoms with Gasteiger partial charge in [0.25, 0.3) is 0 Å². The summed E-state index contributed by atoms with van der Waals surface area (Å²) in [5.74, 6) is 0. The van der Waals surface area contributed by atoms with Gasteiger partial charge in [-0.1, -0.05) is 57.4 Å². The zero-order valence-corrected chi connectivity index (χ0v) is 27.6. The largest absolute Gasteiger partial charge is 0.355 e. The number of nitrogens with one attached hydrogen (secondary N) is 2. The molecule has 0 radical (unpaired) electrons. The molecule has 2 N–H and O–H groups in total. The highest BCUT2D eigenvalue weighted by Crippen LogP contribution is 2.22. The van der Waals surface area contributed by atoms with E-state index in [-0.39, 0.29) is 0 Å². The lowest BCUT2D eigenvalue weighted by Gasteiger charge is -2.09. The fraction of sp³-hybridized carbons (Fsp3) is 0.371. The molecule has 0 saturated heterocycles. The normalized spacial score (nSPS) is 12.6. The number of hydrogen-bond donors (Lipinski definition) is 2. The van der Waals surface area contributed by atoms with Gasteiger partial charge < -0.3 is 10.6 Å². The van der Waals surface area contributed by atoms with Crippen LogP contribution in [0.25, 0.3) is 0 Å². The molecular weight excluding hydrogens is 636 g/mol. The number of anilines is 4. The SMILES string of the molecule is CCc1ccc(Nc2cc[n+](C(Br)CCCCCCCC(Br)[n+]3ccc(Nc4ccc(CC)cc4)cc3)cc2)cc1. The van der Waals surface area contributed by atoms with Crippen molar-refractivity contribution >= 4 is 54.6 Å². The van der Waals surface area contributed by atoms with E-state index in [1.54, 1.807) is 0 Å². The molecule has 4 rings (SSSR count). The minimum Gasteiger partial charge on any atom is -0.355 e. The van der Waals surface area contributed by atoms with Gasteiger partial charge >= 0.3 is 0 Å². The molecule has 216 valence electrons. The molecule has 0 amide bonds. The number of aromatic nitrogens is 2. The van der Waals surface area contributed by atoms with Crippen molar-refractivity contribution in [2.24, 2.45) is 0 Å². The predicted octanol–water partition coefficient (Wildman–Crippen LogP) is 10.1. The van der Waals surface area contributed by atoms with Crippen LogP contribution in [0.3, 0.4) is 0 Å². The standard InChI is InChI=1S/C35H42Br2N4/c1-3-28-12-16-30(17-13-28)38-32-20-24-40(25-21-32)34(36)10-8-6-5-7-9-11-35(37)41-26-22-33(23-27-41)39-31-18-14-29(4-2)15-19-31/h12-27,34-35H,3-11H2,1-2H3/p+2. The van der Waals surface area contributed by atoms with Crippen LogP contribution >= 0.6 is 31.9 Å². The highest BCUT2D eigenvalue weighted by Gasteiger charge is 2.15. The summed E-state index contributed by atoms with van der Waals surface area (Å²) < 4.78 is 4.50. The summed E-state index contributed by atoms with van der Waals surface area (Å²) in [5.41, 5.74) is 7.19. The van der Waals surface area contributed by atoms with Gasteiger partial charge in [-0.15, -0.1) is 0 Å². The van der Waals surface area contributed by atoms with Gasteiger partial charge in [0.2, 0.25) is 9.90 Å². The Bertz CT molecular complexity index is 1190. The fourth-order valence-corrected chi connectivity index (χ4v) is 6.04.